The molecule has 6 nitrogen and oxygen atoms in total. The third-order valence-electron chi connectivity index (χ3n) is 3.10. The van der Waals surface area contributed by atoms with Crippen LogP contribution < -0.4 is 16.5 Å². The van der Waals surface area contributed by atoms with Crippen molar-refractivity contribution >= 4 is 5.91 Å². The molecule has 1 saturated heterocycles. The van der Waals surface area contributed by atoms with Crippen LogP contribution in [0, 0.1) is 0 Å². The summed E-state index contributed by atoms with van der Waals surface area (Å²) >= 11 is 0. The third-order valence-corrected chi connectivity index (χ3v) is 3.10. The highest BCUT2D eigenvalue weighted by molar-refractivity contribution is 5.77. The first kappa shape index (κ1) is 16.4. The first-order valence-electron chi connectivity index (χ1n) is 7.01. The number of carbonyl (C=O) groups excluding carboxylic acids is 1. The smallest absolute Gasteiger partial charge is 0.222 e. The highest BCUT2D eigenvalue weighted by Crippen LogP contribution is 2.02. The van der Waals surface area contributed by atoms with Crippen molar-refractivity contribution in [2.75, 3.05) is 39.8 Å². The number of hydrogen-bond acceptors (Lipinski definition) is 5. The summed E-state index contributed by atoms with van der Waals surface area (Å²) in [5.74, 6) is 0.0459. The van der Waals surface area contributed by atoms with Crippen molar-refractivity contribution in [2.45, 2.75) is 38.8 Å². The number of amides is 1. The Kier molecular flexibility index (Phi) is 6.19. The number of likely N-dealkylation sites (N-methyl/N-ethyl adjacent to an activating group) is 1. The molecule has 1 unspecified atom stereocenters. The lowest BCUT2D eigenvalue weighted by Gasteiger charge is -2.35. The minimum Gasteiger partial charge on any atom is -0.351 e. The van der Waals surface area contributed by atoms with Gasteiger partial charge < -0.3 is 16.0 Å². The number of hydrazine groups is 1. The maximum absolute atomic E-state index is 11.9. The van der Waals surface area contributed by atoms with Gasteiger partial charge in [-0.05, 0) is 27.8 Å². The van der Waals surface area contributed by atoms with Crippen LogP contribution in [0.5, 0.6) is 0 Å². The van der Waals surface area contributed by atoms with Gasteiger partial charge in [-0.25, -0.2) is 5.01 Å². The van der Waals surface area contributed by atoms with E-state index in [1.165, 1.54) is 0 Å². The van der Waals surface area contributed by atoms with Crippen LogP contribution in [0.25, 0.3) is 0 Å². The lowest BCUT2D eigenvalue weighted by atomic mass is 10.1. The van der Waals surface area contributed by atoms with Crippen molar-refractivity contribution in [1.82, 2.24) is 20.7 Å². The molecule has 4 N–H and O–H groups in total. The summed E-state index contributed by atoms with van der Waals surface area (Å²) in [4.78, 5) is 14.2. The van der Waals surface area contributed by atoms with Crippen LogP contribution in [-0.4, -0.2) is 67.2 Å². The number of hydrogen-bond donors (Lipinski definition) is 3. The second-order valence-corrected chi connectivity index (χ2v) is 6.35. The molecule has 0 spiro atoms. The van der Waals surface area contributed by atoms with Gasteiger partial charge >= 0.3 is 0 Å². The van der Waals surface area contributed by atoms with Crippen LogP contribution in [0.1, 0.15) is 27.2 Å². The zero-order chi connectivity index (χ0) is 14.5. The summed E-state index contributed by atoms with van der Waals surface area (Å²) in [6.45, 7) is 10.4. The van der Waals surface area contributed by atoms with Gasteiger partial charge in [0.1, 0.15) is 0 Å². The molecule has 0 radical (unpaired) electrons. The molecule has 1 amide bonds. The number of nitrogens with one attached hydrogen (secondary N) is 2. The lowest BCUT2D eigenvalue weighted by molar-refractivity contribution is -0.123. The Balaban J connectivity index is 2.35. The highest BCUT2D eigenvalue weighted by Gasteiger charge is 2.21. The van der Waals surface area contributed by atoms with E-state index < -0.39 is 0 Å². The third kappa shape index (κ3) is 6.87. The predicted octanol–water partition coefficient (Wildman–Crippen LogP) is -0.629. The van der Waals surface area contributed by atoms with Gasteiger partial charge in [0.05, 0.1) is 0 Å². The van der Waals surface area contributed by atoms with Gasteiger partial charge in [-0.15, -0.1) is 0 Å². The van der Waals surface area contributed by atoms with Crippen molar-refractivity contribution in [3.8, 4) is 0 Å². The van der Waals surface area contributed by atoms with E-state index in [-0.39, 0.29) is 17.5 Å². The highest BCUT2D eigenvalue weighted by atomic mass is 16.1. The Morgan fingerprint density at radius 2 is 1.84 bits per heavy atom. The van der Waals surface area contributed by atoms with Crippen molar-refractivity contribution in [3.05, 3.63) is 0 Å². The molecule has 0 bridgehead atoms. The second-order valence-electron chi connectivity index (χ2n) is 6.35. The Labute approximate surface area is 116 Å². The largest absolute Gasteiger partial charge is 0.351 e. The van der Waals surface area contributed by atoms with E-state index in [0.717, 1.165) is 26.2 Å². The number of piperazine rings is 1. The van der Waals surface area contributed by atoms with Gasteiger partial charge in [0.25, 0.3) is 0 Å². The molecule has 0 aliphatic carbocycles. The topological polar surface area (TPSA) is 73.6 Å². The maximum Gasteiger partial charge on any atom is 0.222 e. The van der Waals surface area contributed by atoms with E-state index in [4.69, 9.17) is 5.73 Å². The van der Waals surface area contributed by atoms with E-state index in [9.17, 15) is 4.79 Å². The number of rotatable bonds is 5. The predicted molar refractivity (Wildman–Crippen MR) is 77.6 cm³/mol. The van der Waals surface area contributed by atoms with Gasteiger partial charge in [-0.1, -0.05) is 0 Å². The molecule has 1 aliphatic rings. The van der Waals surface area contributed by atoms with Crippen LogP contribution in [0.3, 0.4) is 0 Å². The van der Waals surface area contributed by atoms with Crippen molar-refractivity contribution in [3.63, 3.8) is 0 Å². The van der Waals surface area contributed by atoms with Gasteiger partial charge in [-0.3, -0.25) is 10.2 Å². The molecular formula is C13H29N5O. The molecule has 1 rings (SSSR count). The van der Waals surface area contributed by atoms with Gasteiger partial charge in [0.15, 0.2) is 0 Å². The van der Waals surface area contributed by atoms with Crippen LogP contribution in [-0.2, 0) is 4.79 Å². The van der Waals surface area contributed by atoms with Crippen molar-refractivity contribution < 1.29 is 4.79 Å². The number of nitrogens with two attached hydrogens (primary N) is 1. The fourth-order valence-corrected chi connectivity index (χ4v) is 2.07. The first-order chi connectivity index (χ1) is 8.80. The summed E-state index contributed by atoms with van der Waals surface area (Å²) in [7, 11) is 2.12. The Morgan fingerprint density at radius 3 is 2.32 bits per heavy atom. The monoisotopic (exact) mass is 271 g/mol. The quantitative estimate of drug-likeness (QED) is 0.621. The summed E-state index contributed by atoms with van der Waals surface area (Å²) in [6, 6.07) is 0.00533. The normalized spacial score (nSPS) is 20.3. The minimum absolute atomic E-state index is 0.00533. The number of carbonyl (C=O) groups is 1. The minimum atomic E-state index is -0.190. The van der Waals surface area contributed by atoms with E-state index >= 15 is 0 Å². The first-order valence-corrected chi connectivity index (χ1v) is 7.01. The Hall–Kier alpha value is -0.690. The number of nitrogens with zero attached hydrogens (tertiary/aromatic N) is 2. The molecule has 0 aromatic rings. The fourth-order valence-electron chi connectivity index (χ4n) is 2.07. The van der Waals surface area contributed by atoms with Crippen LogP contribution >= 0.6 is 0 Å². The Bertz CT molecular complexity index is 281. The van der Waals surface area contributed by atoms with E-state index in [1.54, 1.807) is 0 Å². The summed E-state index contributed by atoms with van der Waals surface area (Å²) in [6.07, 6.45) is 0.417. The molecular weight excluding hydrogens is 242 g/mol. The summed E-state index contributed by atoms with van der Waals surface area (Å²) in [5, 5.41) is 5.14. The summed E-state index contributed by atoms with van der Waals surface area (Å²) in [5.41, 5.74) is 8.92. The fraction of sp³-hybridized carbons (Fsp3) is 0.923. The van der Waals surface area contributed by atoms with Crippen LogP contribution in [0.4, 0.5) is 0 Å². The van der Waals surface area contributed by atoms with Gasteiger partial charge in [-0.2, -0.15) is 0 Å². The van der Waals surface area contributed by atoms with Crippen molar-refractivity contribution in [1.29, 1.82) is 0 Å². The molecule has 6 heteroatoms. The average Bonchev–Trinajstić information content (AvgIpc) is 2.28. The SMILES string of the molecule is CN1CCN(NC(CN)CC(=O)NC(C)(C)C)CC1. The molecule has 0 aromatic heterocycles. The van der Waals surface area contributed by atoms with Crippen molar-refractivity contribution in [2.24, 2.45) is 5.73 Å². The zero-order valence-electron chi connectivity index (χ0n) is 12.7. The molecule has 112 valence electrons. The Morgan fingerprint density at radius 1 is 1.26 bits per heavy atom. The lowest BCUT2D eigenvalue weighted by Crippen LogP contribution is -2.56. The molecule has 1 aliphatic heterocycles. The summed E-state index contributed by atoms with van der Waals surface area (Å²) < 4.78 is 0. The van der Waals surface area contributed by atoms with E-state index in [2.05, 4.69) is 27.7 Å². The molecule has 1 heterocycles. The molecule has 1 atom stereocenters. The molecule has 19 heavy (non-hydrogen) atoms. The molecule has 0 aromatic carbocycles. The van der Waals surface area contributed by atoms with Crippen LogP contribution in [0.15, 0.2) is 0 Å². The van der Waals surface area contributed by atoms with Gasteiger partial charge in [0, 0.05) is 50.7 Å². The molecule has 0 saturated carbocycles. The van der Waals surface area contributed by atoms with Gasteiger partial charge in [0.2, 0.25) is 5.91 Å². The van der Waals surface area contributed by atoms with E-state index in [1.807, 2.05) is 20.8 Å². The maximum atomic E-state index is 11.9. The van der Waals surface area contributed by atoms with Crippen LogP contribution in [0.2, 0.25) is 0 Å². The van der Waals surface area contributed by atoms with E-state index in [0.29, 0.717) is 13.0 Å². The zero-order valence-corrected chi connectivity index (χ0v) is 12.7. The molecule has 1 fully saturated rings. The average molecular weight is 271 g/mol. The second kappa shape index (κ2) is 7.19. The standard InChI is InChI=1S/C13H29N5O/c1-13(2,3)15-12(19)9-11(10-14)16-18-7-5-17(4)6-8-18/h11,16H,5-10,14H2,1-4H3,(H,15,19).